The lowest BCUT2D eigenvalue weighted by Crippen LogP contribution is -2.18. The zero-order valence-electron chi connectivity index (χ0n) is 14.9. The predicted molar refractivity (Wildman–Crippen MR) is 99.2 cm³/mol. The van der Waals surface area contributed by atoms with Crippen LogP contribution in [0.1, 0.15) is 44.2 Å². The van der Waals surface area contributed by atoms with Gasteiger partial charge in [-0.3, -0.25) is 9.48 Å². The second-order valence-corrected chi connectivity index (χ2v) is 6.87. The van der Waals surface area contributed by atoms with Gasteiger partial charge in [-0.25, -0.2) is 0 Å². The SMILES string of the molecule is CCOc1ccc2c(c1)sc(=NC(=O)c1ccnn1C(C)C)n2CC. The van der Waals surface area contributed by atoms with E-state index in [-0.39, 0.29) is 11.9 Å². The van der Waals surface area contributed by atoms with Crippen LogP contribution in [0, 0.1) is 0 Å². The number of aryl methyl sites for hydroxylation is 1. The maximum Gasteiger partial charge on any atom is 0.297 e. The third-order valence-corrected chi connectivity index (χ3v) is 4.90. The molecule has 0 N–H and O–H groups in total. The average molecular weight is 358 g/mol. The van der Waals surface area contributed by atoms with Gasteiger partial charge < -0.3 is 9.30 Å². The van der Waals surface area contributed by atoms with Crippen molar-refractivity contribution in [2.75, 3.05) is 6.61 Å². The maximum absolute atomic E-state index is 12.7. The van der Waals surface area contributed by atoms with Crippen molar-refractivity contribution < 1.29 is 9.53 Å². The van der Waals surface area contributed by atoms with Gasteiger partial charge in [-0.1, -0.05) is 11.3 Å². The molecule has 0 aliphatic carbocycles. The summed E-state index contributed by atoms with van der Waals surface area (Å²) >= 11 is 1.49. The van der Waals surface area contributed by atoms with Crippen LogP contribution in [0.25, 0.3) is 10.2 Å². The smallest absolute Gasteiger partial charge is 0.297 e. The molecule has 0 unspecified atom stereocenters. The van der Waals surface area contributed by atoms with E-state index in [9.17, 15) is 4.79 Å². The Hall–Kier alpha value is -2.41. The fraction of sp³-hybridized carbons (Fsp3) is 0.389. The van der Waals surface area contributed by atoms with E-state index < -0.39 is 0 Å². The molecule has 0 spiro atoms. The minimum Gasteiger partial charge on any atom is -0.494 e. The van der Waals surface area contributed by atoms with Gasteiger partial charge in [-0.15, -0.1) is 0 Å². The van der Waals surface area contributed by atoms with Crippen molar-refractivity contribution in [1.82, 2.24) is 14.3 Å². The van der Waals surface area contributed by atoms with Crippen molar-refractivity contribution >= 4 is 27.5 Å². The van der Waals surface area contributed by atoms with Crippen LogP contribution in [-0.4, -0.2) is 26.9 Å². The molecule has 0 saturated heterocycles. The molecule has 7 heteroatoms. The van der Waals surface area contributed by atoms with Gasteiger partial charge in [0.15, 0.2) is 4.80 Å². The van der Waals surface area contributed by atoms with E-state index >= 15 is 0 Å². The standard InChI is InChI=1S/C18H22N4O2S/c1-5-21-14-8-7-13(24-6-2)11-16(14)25-18(21)20-17(23)15-9-10-19-22(15)12(3)4/h7-12H,5-6H2,1-4H3. The number of carbonyl (C=O) groups excluding carboxylic acids is 1. The van der Waals surface area contributed by atoms with Crippen LogP contribution < -0.4 is 9.54 Å². The second-order valence-electron chi connectivity index (χ2n) is 5.86. The highest BCUT2D eigenvalue weighted by Gasteiger charge is 2.14. The van der Waals surface area contributed by atoms with Crippen molar-refractivity contribution in [2.45, 2.75) is 40.3 Å². The number of benzene rings is 1. The number of ether oxygens (including phenoxy) is 1. The van der Waals surface area contributed by atoms with Crippen LogP contribution >= 0.6 is 11.3 Å². The average Bonchev–Trinajstić information content (AvgIpc) is 3.18. The number of thiazole rings is 1. The Bertz CT molecular complexity index is 965. The summed E-state index contributed by atoms with van der Waals surface area (Å²) < 4.78 is 10.4. The van der Waals surface area contributed by atoms with Gasteiger partial charge in [0.1, 0.15) is 11.4 Å². The zero-order chi connectivity index (χ0) is 18.0. The van der Waals surface area contributed by atoms with Gasteiger partial charge in [0.2, 0.25) is 0 Å². The van der Waals surface area contributed by atoms with Gasteiger partial charge in [0.05, 0.1) is 16.8 Å². The number of fused-ring (bicyclic) bond motifs is 1. The van der Waals surface area contributed by atoms with E-state index in [1.54, 1.807) is 16.9 Å². The van der Waals surface area contributed by atoms with Crippen molar-refractivity contribution in [1.29, 1.82) is 0 Å². The highest BCUT2D eigenvalue weighted by Crippen LogP contribution is 2.23. The molecule has 3 rings (SSSR count). The Morgan fingerprint density at radius 3 is 2.80 bits per heavy atom. The molecule has 1 amide bonds. The van der Waals surface area contributed by atoms with E-state index in [0.29, 0.717) is 17.1 Å². The summed E-state index contributed by atoms with van der Waals surface area (Å²) in [6, 6.07) is 7.78. The summed E-state index contributed by atoms with van der Waals surface area (Å²) in [7, 11) is 0. The van der Waals surface area contributed by atoms with Crippen LogP contribution in [0.5, 0.6) is 5.75 Å². The summed E-state index contributed by atoms with van der Waals surface area (Å²) in [5.74, 6) is 0.556. The van der Waals surface area contributed by atoms with Crippen LogP contribution in [0.4, 0.5) is 0 Å². The van der Waals surface area contributed by atoms with E-state index in [2.05, 4.69) is 10.1 Å². The molecule has 1 aromatic carbocycles. The van der Waals surface area contributed by atoms with Gasteiger partial charge in [-0.05, 0) is 52.0 Å². The molecule has 0 aliphatic rings. The number of hydrogen-bond donors (Lipinski definition) is 0. The lowest BCUT2D eigenvalue weighted by atomic mass is 10.3. The van der Waals surface area contributed by atoms with Gasteiger partial charge in [-0.2, -0.15) is 10.1 Å². The normalized spacial score (nSPS) is 12.3. The van der Waals surface area contributed by atoms with Gasteiger partial charge in [0, 0.05) is 18.8 Å². The Morgan fingerprint density at radius 2 is 2.12 bits per heavy atom. The summed E-state index contributed by atoms with van der Waals surface area (Å²) in [5.41, 5.74) is 1.56. The minimum atomic E-state index is -0.273. The topological polar surface area (TPSA) is 61.4 Å². The zero-order valence-corrected chi connectivity index (χ0v) is 15.7. The molecule has 0 atom stereocenters. The lowest BCUT2D eigenvalue weighted by Gasteiger charge is -2.07. The molecule has 0 fully saturated rings. The maximum atomic E-state index is 12.7. The van der Waals surface area contributed by atoms with Crippen molar-refractivity contribution in [3.8, 4) is 5.75 Å². The lowest BCUT2D eigenvalue weighted by molar-refractivity contribution is 0.0986. The Morgan fingerprint density at radius 1 is 1.32 bits per heavy atom. The quantitative estimate of drug-likeness (QED) is 0.699. The van der Waals surface area contributed by atoms with Crippen molar-refractivity contribution in [2.24, 2.45) is 4.99 Å². The first-order valence-corrected chi connectivity index (χ1v) is 9.25. The molecule has 0 radical (unpaired) electrons. The first-order chi connectivity index (χ1) is 12.0. The fourth-order valence-corrected chi connectivity index (χ4v) is 3.86. The summed E-state index contributed by atoms with van der Waals surface area (Å²) in [4.78, 5) is 17.7. The Labute approximate surface area is 150 Å². The molecular weight excluding hydrogens is 336 g/mol. The molecule has 0 aliphatic heterocycles. The first-order valence-electron chi connectivity index (χ1n) is 8.43. The molecule has 3 aromatic rings. The first kappa shape index (κ1) is 17.4. The number of nitrogens with zero attached hydrogens (tertiary/aromatic N) is 4. The van der Waals surface area contributed by atoms with Crippen LogP contribution in [-0.2, 0) is 6.54 Å². The van der Waals surface area contributed by atoms with Crippen LogP contribution in [0.3, 0.4) is 0 Å². The van der Waals surface area contributed by atoms with Crippen molar-refractivity contribution in [3.05, 3.63) is 41.0 Å². The van der Waals surface area contributed by atoms with E-state index in [4.69, 9.17) is 4.74 Å². The molecular formula is C18H22N4O2S. The third kappa shape index (κ3) is 3.37. The Kier molecular flexibility index (Phi) is 5.03. The molecule has 25 heavy (non-hydrogen) atoms. The minimum absolute atomic E-state index is 0.110. The van der Waals surface area contributed by atoms with Crippen LogP contribution in [0.2, 0.25) is 0 Å². The Balaban J connectivity index is 2.09. The van der Waals surface area contributed by atoms with E-state index in [0.717, 1.165) is 22.5 Å². The summed E-state index contributed by atoms with van der Waals surface area (Å²) in [6.45, 7) is 9.35. The number of aromatic nitrogens is 3. The molecule has 6 nitrogen and oxygen atoms in total. The summed E-state index contributed by atoms with van der Waals surface area (Å²) in [5, 5.41) is 4.21. The highest BCUT2D eigenvalue weighted by atomic mass is 32.1. The molecule has 2 heterocycles. The molecule has 2 aromatic heterocycles. The number of rotatable bonds is 5. The van der Waals surface area contributed by atoms with Gasteiger partial charge >= 0.3 is 0 Å². The summed E-state index contributed by atoms with van der Waals surface area (Å²) in [6.07, 6.45) is 1.63. The molecule has 0 saturated carbocycles. The van der Waals surface area contributed by atoms with Crippen molar-refractivity contribution in [3.63, 3.8) is 0 Å². The second kappa shape index (κ2) is 7.23. The monoisotopic (exact) mass is 358 g/mol. The van der Waals surface area contributed by atoms with E-state index in [1.807, 2.05) is 50.5 Å². The number of hydrogen-bond acceptors (Lipinski definition) is 4. The van der Waals surface area contributed by atoms with Gasteiger partial charge in [0.25, 0.3) is 5.91 Å². The molecule has 132 valence electrons. The largest absolute Gasteiger partial charge is 0.494 e. The van der Waals surface area contributed by atoms with Crippen LogP contribution in [0.15, 0.2) is 35.5 Å². The number of amides is 1. The highest BCUT2D eigenvalue weighted by molar-refractivity contribution is 7.16. The fourth-order valence-electron chi connectivity index (χ4n) is 2.74. The molecule has 0 bridgehead atoms. The predicted octanol–water partition coefficient (Wildman–Crippen LogP) is 3.64. The van der Waals surface area contributed by atoms with E-state index in [1.165, 1.54) is 11.3 Å². The third-order valence-electron chi connectivity index (χ3n) is 3.86. The number of carbonyl (C=O) groups is 1.